The third kappa shape index (κ3) is 4.09. The Labute approximate surface area is 119 Å². The summed E-state index contributed by atoms with van der Waals surface area (Å²) < 4.78 is 0. The van der Waals surface area contributed by atoms with Gasteiger partial charge in [0.2, 0.25) is 5.91 Å². The van der Waals surface area contributed by atoms with Gasteiger partial charge in [0, 0.05) is 17.3 Å². The lowest BCUT2D eigenvalue weighted by Crippen LogP contribution is -2.13. The van der Waals surface area contributed by atoms with Crippen LogP contribution in [0, 0.1) is 11.3 Å². The molecule has 0 bridgehead atoms. The van der Waals surface area contributed by atoms with Crippen molar-refractivity contribution in [1.82, 2.24) is 4.98 Å². The highest BCUT2D eigenvalue weighted by molar-refractivity contribution is 7.99. The van der Waals surface area contributed by atoms with Gasteiger partial charge in [0.15, 0.2) is 5.13 Å². The van der Waals surface area contributed by atoms with Crippen LogP contribution in [0.25, 0.3) is 0 Å². The predicted molar refractivity (Wildman–Crippen MR) is 78.1 cm³/mol. The number of anilines is 1. The van der Waals surface area contributed by atoms with Crippen LogP contribution >= 0.6 is 23.1 Å². The highest BCUT2D eigenvalue weighted by Gasteiger charge is 2.06. The van der Waals surface area contributed by atoms with Crippen LogP contribution in [0.4, 0.5) is 5.13 Å². The minimum absolute atomic E-state index is 0.0746. The van der Waals surface area contributed by atoms with Crippen LogP contribution in [0.3, 0.4) is 0 Å². The molecule has 0 aliphatic rings. The standard InChI is InChI=1S/C13H11N3OS2/c14-7-10-3-1-2-4-11(10)8-18-9-12(17)16-13-15-5-6-19-13/h1-6H,8-9H2,(H,15,16,17). The Morgan fingerprint density at radius 3 is 3.05 bits per heavy atom. The maximum atomic E-state index is 11.6. The Bertz CT molecular complexity index is 590. The summed E-state index contributed by atoms with van der Waals surface area (Å²) >= 11 is 2.87. The van der Waals surface area contributed by atoms with Gasteiger partial charge in [-0.3, -0.25) is 4.79 Å². The number of carbonyl (C=O) groups excluding carboxylic acids is 1. The largest absolute Gasteiger partial charge is 0.301 e. The molecular weight excluding hydrogens is 278 g/mol. The number of nitrogens with zero attached hydrogens (tertiary/aromatic N) is 2. The van der Waals surface area contributed by atoms with Crippen LogP contribution in [-0.4, -0.2) is 16.6 Å². The second-order valence-electron chi connectivity index (χ2n) is 3.65. The lowest BCUT2D eigenvalue weighted by molar-refractivity contribution is -0.113. The zero-order valence-electron chi connectivity index (χ0n) is 10.00. The third-order valence-corrected chi connectivity index (χ3v) is 3.98. The first-order valence-corrected chi connectivity index (χ1v) is 7.58. The molecule has 2 rings (SSSR count). The Hall–Kier alpha value is -1.84. The van der Waals surface area contributed by atoms with Gasteiger partial charge in [-0.1, -0.05) is 18.2 Å². The second-order valence-corrected chi connectivity index (χ2v) is 5.53. The molecule has 4 nitrogen and oxygen atoms in total. The molecular formula is C13H11N3OS2. The van der Waals surface area contributed by atoms with E-state index in [0.717, 1.165) is 5.56 Å². The third-order valence-electron chi connectivity index (χ3n) is 2.31. The first-order chi connectivity index (χ1) is 9.29. The Kier molecular flexibility index (Phi) is 4.95. The van der Waals surface area contributed by atoms with Crippen molar-refractivity contribution in [1.29, 1.82) is 5.26 Å². The molecule has 0 saturated heterocycles. The molecule has 0 spiro atoms. The maximum Gasteiger partial charge on any atom is 0.236 e. The SMILES string of the molecule is N#Cc1ccccc1CSCC(=O)Nc1nccs1. The van der Waals surface area contributed by atoms with Crippen LogP contribution in [0.1, 0.15) is 11.1 Å². The quantitative estimate of drug-likeness (QED) is 0.919. The van der Waals surface area contributed by atoms with Gasteiger partial charge in [-0.25, -0.2) is 4.98 Å². The average Bonchev–Trinajstić information content (AvgIpc) is 2.92. The molecule has 0 fully saturated rings. The smallest absolute Gasteiger partial charge is 0.236 e. The summed E-state index contributed by atoms with van der Waals surface area (Å²) in [6.07, 6.45) is 1.65. The maximum absolute atomic E-state index is 11.6. The van der Waals surface area contributed by atoms with Crippen molar-refractivity contribution in [3.8, 4) is 6.07 Å². The zero-order chi connectivity index (χ0) is 13.5. The van der Waals surface area contributed by atoms with Crippen LogP contribution < -0.4 is 5.32 Å². The summed E-state index contributed by atoms with van der Waals surface area (Å²) in [5.74, 6) is 0.920. The molecule has 0 saturated carbocycles. The molecule has 19 heavy (non-hydrogen) atoms. The van der Waals surface area contributed by atoms with E-state index >= 15 is 0 Å². The second kappa shape index (κ2) is 6.92. The number of aromatic nitrogens is 1. The first kappa shape index (κ1) is 13.6. The van der Waals surface area contributed by atoms with E-state index in [9.17, 15) is 4.79 Å². The fourth-order valence-corrected chi connectivity index (χ4v) is 2.83. The van der Waals surface area contributed by atoms with Gasteiger partial charge in [-0.2, -0.15) is 5.26 Å². The Morgan fingerprint density at radius 1 is 1.47 bits per heavy atom. The van der Waals surface area contributed by atoms with Crippen molar-refractivity contribution in [2.75, 3.05) is 11.1 Å². The molecule has 0 radical (unpaired) electrons. The van der Waals surface area contributed by atoms with E-state index in [2.05, 4.69) is 16.4 Å². The highest BCUT2D eigenvalue weighted by atomic mass is 32.2. The molecule has 0 aliphatic carbocycles. The number of hydrogen-bond acceptors (Lipinski definition) is 5. The molecule has 0 aliphatic heterocycles. The van der Waals surface area contributed by atoms with Crippen molar-refractivity contribution in [3.05, 3.63) is 47.0 Å². The van der Waals surface area contributed by atoms with Crippen LogP contribution in [0.2, 0.25) is 0 Å². The van der Waals surface area contributed by atoms with E-state index in [1.165, 1.54) is 23.1 Å². The van der Waals surface area contributed by atoms with Gasteiger partial charge in [0.25, 0.3) is 0 Å². The van der Waals surface area contributed by atoms with Crippen molar-refractivity contribution in [3.63, 3.8) is 0 Å². The molecule has 1 heterocycles. The van der Waals surface area contributed by atoms with Crippen molar-refractivity contribution < 1.29 is 4.79 Å². The molecule has 0 atom stereocenters. The topological polar surface area (TPSA) is 65.8 Å². The zero-order valence-corrected chi connectivity index (χ0v) is 11.6. The highest BCUT2D eigenvalue weighted by Crippen LogP contribution is 2.17. The van der Waals surface area contributed by atoms with E-state index < -0.39 is 0 Å². The molecule has 1 aromatic carbocycles. The van der Waals surface area contributed by atoms with E-state index in [1.807, 2.05) is 23.6 Å². The minimum atomic E-state index is -0.0746. The molecule has 0 unspecified atom stereocenters. The van der Waals surface area contributed by atoms with Gasteiger partial charge >= 0.3 is 0 Å². The van der Waals surface area contributed by atoms with Crippen molar-refractivity contribution >= 4 is 34.1 Å². The number of nitriles is 1. The fraction of sp³-hybridized carbons (Fsp3) is 0.154. The van der Waals surface area contributed by atoms with E-state index in [4.69, 9.17) is 5.26 Å². The summed E-state index contributed by atoms with van der Waals surface area (Å²) in [5, 5.41) is 14.1. The number of hydrogen-bond donors (Lipinski definition) is 1. The van der Waals surface area contributed by atoms with Crippen LogP contribution in [0.5, 0.6) is 0 Å². The first-order valence-electron chi connectivity index (χ1n) is 5.54. The number of nitrogens with one attached hydrogen (secondary N) is 1. The molecule has 1 N–H and O–H groups in total. The van der Waals surface area contributed by atoms with Gasteiger partial charge in [-0.15, -0.1) is 23.1 Å². The molecule has 1 amide bonds. The van der Waals surface area contributed by atoms with Crippen molar-refractivity contribution in [2.45, 2.75) is 5.75 Å². The fourth-order valence-electron chi connectivity index (χ4n) is 1.45. The summed E-state index contributed by atoms with van der Waals surface area (Å²) in [6, 6.07) is 9.57. The number of thiazole rings is 1. The van der Waals surface area contributed by atoms with Crippen LogP contribution in [-0.2, 0) is 10.5 Å². The van der Waals surface area contributed by atoms with E-state index in [-0.39, 0.29) is 5.91 Å². The summed E-state index contributed by atoms with van der Waals surface area (Å²) in [6.45, 7) is 0. The van der Waals surface area contributed by atoms with Gasteiger partial charge < -0.3 is 5.32 Å². The summed E-state index contributed by atoms with van der Waals surface area (Å²) in [4.78, 5) is 15.6. The van der Waals surface area contributed by atoms with Crippen LogP contribution in [0.15, 0.2) is 35.8 Å². The molecule has 1 aromatic heterocycles. The Balaban J connectivity index is 1.80. The van der Waals surface area contributed by atoms with Gasteiger partial charge in [0.1, 0.15) is 0 Å². The lowest BCUT2D eigenvalue weighted by atomic mass is 10.1. The average molecular weight is 289 g/mol. The number of amides is 1. The summed E-state index contributed by atoms with van der Waals surface area (Å²) in [7, 11) is 0. The van der Waals surface area contributed by atoms with E-state index in [0.29, 0.717) is 22.2 Å². The molecule has 96 valence electrons. The summed E-state index contributed by atoms with van der Waals surface area (Å²) in [5.41, 5.74) is 1.62. The number of carbonyl (C=O) groups is 1. The Morgan fingerprint density at radius 2 is 2.32 bits per heavy atom. The minimum Gasteiger partial charge on any atom is -0.301 e. The van der Waals surface area contributed by atoms with Gasteiger partial charge in [0.05, 0.1) is 17.4 Å². The normalized spacial score (nSPS) is 9.84. The number of rotatable bonds is 5. The van der Waals surface area contributed by atoms with Crippen molar-refractivity contribution in [2.24, 2.45) is 0 Å². The lowest BCUT2D eigenvalue weighted by Gasteiger charge is -2.04. The van der Waals surface area contributed by atoms with Gasteiger partial charge in [-0.05, 0) is 11.6 Å². The predicted octanol–water partition coefficient (Wildman–Crippen LogP) is 2.89. The molecule has 2 aromatic rings. The number of thioether (sulfide) groups is 1. The number of benzene rings is 1. The molecule has 6 heteroatoms. The van der Waals surface area contributed by atoms with E-state index in [1.54, 1.807) is 12.3 Å². The monoisotopic (exact) mass is 289 g/mol.